The van der Waals surface area contributed by atoms with Crippen LogP contribution in [-0.2, 0) is 11.3 Å². The highest BCUT2D eigenvalue weighted by molar-refractivity contribution is 6.01. The lowest BCUT2D eigenvalue weighted by molar-refractivity contribution is -0.133. The minimum absolute atomic E-state index is 0.131. The third-order valence-corrected chi connectivity index (χ3v) is 7.33. The summed E-state index contributed by atoms with van der Waals surface area (Å²) in [5.41, 5.74) is 0.186. The van der Waals surface area contributed by atoms with Crippen molar-refractivity contribution in [2.45, 2.75) is 63.7 Å². The molecule has 2 atom stereocenters. The van der Waals surface area contributed by atoms with Crippen molar-refractivity contribution in [1.82, 2.24) is 25.3 Å². The summed E-state index contributed by atoms with van der Waals surface area (Å²) in [6.07, 6.45) is 4.11. The lowest BCUT2D eigenvalue weighted by atomic mass is 9.95. The molecule has 0 saturated heterocycles. The van der Waals surface area contributed by atoms with Crippen LogP contribution < -0.4 is 20.1 Å². The smallest absolute Gasteiger partial charge is 0.272 e. The SMILES string of the molecule is C[C@@H](NC(=O)c1cc2n(n1)C[C@](C)(C(=O)NC1CCCC1)N(C)C2=O)c1ccc2c(c1)OCCO2. The van der Waals surface area contributed by atoms with E-state index in [9.17, 15) is 14.4 Å². The van der Waals surface area contributed by atoms with Crippen molar-refractivity contribution in [2.24, 2.45) is 0 Å². The Morgan fingerprint density at radius 2 is 1.86 bits per heavy atom. The van der Waals surface area contributed by atoms with Gasteiger partial charge >= 0.3 is 0 Å². The first kappa shape index (κ1) is 23.2. The molecule has 0 unspecified atom stereocenters. The third-order valence-electron chi connectivity index (χ3n) is 7.33. The van der Waals surface area contributed by atoms with Crippen LogP contribution in [-0.4, -0.2) is 64.2 Å². The van der Waals surface area contributed by atoms with Gasteiger partial charge in [-0.15, -0.1) is 0 Å². The Hall–Kier alpha value is -3.56. The predicted octanol–water partition coefficient (Wildman–Crippen LogP) is 2.05. The number of nitrogens with zero attached hydrogens (tertiary/aromatic N) is 3. The fourth-order valence-electron chi connectivity index (χ4n) is 4.93. The molecule has 3 heterocycles. The average molecular weight is 482 g/mol. The highest BCUT2D eigenvalue weighted by Crippen LogP contribution is 2.33. The van der Waals surface area contributed by atoms with Crippen LogP contribution in [0.3, 0.4) is 0 Å². The van der Waals surface area contributed by atoms with E-state index in [0.29, 0.717) is 24.7 Å². The Labute approximate surface area is 203 Å². The minimum Gasteiger partial charge on any atom is -0.486 e. The number of hydrogen-bond donors (Lipinski definition) is 2. The van der Waals surface area contributed by atoms with Crippen LogP contribution in [0.15, 0.2) is 24.3 Å². The molecule has 1 fully saturated rings. The largest absolute Gasteiger partial charge is 0.486 e. The summed E-state index contributed by atoms with van der Waals surface area (Å²) in [6.45, 7) is 4.77. The molecule has 1 aliphatic carbocycles. The van der Waals surface area contributed by atoms with Crippen LogP contribution >= 0.6 is 0 Å². The number of benzene rings is 1. The highest BCUT2D eigenvalue weighted by Gasteiger charge is 2.47. The van der Waals surface area contributed by atoms with Crippen molar-refractivity contribution in [3.63, 3.8) is 0 Å². The van der Waals surface area contributed by atoms with E-state index in [1.54, 1.807) is 14.0 Å². The van der Waals surface area contributed by atoms with E-state index in [1.165, 1.54) is 15.6 Å². The molecule has 1 saturated carbocycles. The number of fused-ring (bicyclic) bond motifs is 2. The van der Waals surface area contributed by atoms with Gasteiger partial charge < -0.3 is 25.0 Å². The minimum atomic E-state index is -1.09. The summed E-state index contributed by atoms with van der Waals surface area (Å²) in [5.74, 6) is 0.396. The molecular formula is C25H31N5O5. The number of hydrogen-bond acceptors (Lipinski definition) is 6. The summed E-state index contributed by atoms with van der Waals surface area (Å²) in [5, 5.41) is 10.4. The van der Waals surface area contributed by atoms with Gasteiger partial charge in [0.05, 0.1) is 12.6 Å². The Balaban J connectivity index is 1.31. The number of nitrogens with one attached hydrogen (secondary N) is 2. The standard InChI is InChI=1S/C25H31N5O5/c1-15(16-8-9-20-21(12-16)35-11-10-34-20)26-22(31)18-13-19-23(32)29(3)25(2,14-30(19)28-18)24(33)27-17-6-4-5-7-17/h8-9,12-13,15,17H,4-7,10-11,14H2,1-3H3,(H,26,31)(H,27,33)/t15-,25-/m1/s1. The fourth-order valence-corrected chi connectivity index (χ4v) is 4.93. The van der Waals surface area contributed by atoms with Crippen LogP contribution in [0.25, 0.3) is 0 Å². The highest BCUT2D eigenvalue weighted by atomic mass is 16.6. The molecule has 186 valence electrons. The Kier molecular flexibility index (Phi) is 5.90. The quantitative estimate of drug-likeness (QED) is 0.676. The molecule has 1 aromatic heterocycles. The van der Waals surface area contributed by atoms with E-state index in [1.807, 2.05) is 25.1 Å². The first-order valence-electron chi connectivity index (χ1n) is 12.1. The van der Waals surface area contributed by atoms with Gasteiger partial charge in [-0.3, -0.25) is 19.1 Å². The number of aromatic nitrogens is 2. The lowest BCUT2D eigenvalue weighted by Crippen LogP contribution is -2.63. The van der Waals surface area contributed by atoms with Gasteiger partial charge in [-0.1, -0.05) is 18.9 Å². The molecule has 3 amide bonds. The normalized spacial score (nSPS) is 22.5. The van der Waals surface area contributed by atoms with Crippen LogP contribution in [0.5, 0.6) is 11.5 Å². The maximum atomic E-state index is 13.1. The van der Waals surface area contributed by atoms with E-state index >= 15 is 0 Å². The number of ether oxygens (including phenoxy) is 2. The van der Waals surface area contributed by atoms with Crippen molar-refractivity contribution < 1.29 is 23.9 Å². The van der Waals surface area contributed by atoms with Gasteiger partial charge in [0.2, 0.25) is 5.91 Å². The van der Waals surface area contributed by atoms with Crippen LogP contribution in [0, 0.1) is 0 Å². The number of likely N-dealkylation sites (N-methyl/N-ethyl adjacent to an activating group) is 1. The zero-order valence-corrected chi connectivity index (χ0v) is 20.3. The maximum Gasteiger partial charge on any atom is 0.272 e. The van der Waals surface area contributed by atoms with Crippen molar-refractivity contribution in [2.75, 3.05) is 20.3 Å². The van der Waals surface area contributed by atoms with Gasteiger partial charge in [0.15, 0.2) is 17.2 Å². The number of carbonyl (C=O) groups is 3. The molecule has 0 radical (unpaired) electrons. The van der Waals surface area contributed by atoms with E-state index < -0.39 is 11.4 Å². The first-order valence-corrected chi connectivity index (χ1v) is 12.1. The van der Waals surface area contributed by atoms with Gasteiger partial charge in [-0.05, 0) is 44.4 Å². The van der Waals surface area contributed by atoms with Gasteiger partial charge in [0.25, 0.3) is 11.8 Å². The molecule has 0 bridgehead atoms. The molecule has 1 aromatic carbocycles. The van der Waals surface area contributed by atoms with Crippen LogP contribution in [0.1, 0.15) is 72.1 Å². The molecule has 2 aliphatic heterocycles. The Bertz CT molecular complexity index is 1170. The van der Waals surface area contributed by atoms with Gasteiger partial charge in [-0.2, -0.15) is 5.10 Å². The topological polar surface area (TPSA) is 115 Å². The summed E-state index contributed by atoms with van der Waals surface area (Å²) in [4.78, 5) is 40.7. The monoisotopic (exact) mass is 481 g/mol. The zero-order valence-electron chi connectivity index (χ0n) is 20.3. The lowest BCUT2D eigenvalue weighted by Gasteiger charge is -2.41. The molecule has 2 aromatic rings. The molecule has 10 heteroatoms. The fraction of sp³-hybridized carbons (Fsp3) is 0.520. The zero-order chi connectivity index (χ0) is 24.7. The number of carbonyl (C=O) groups excluding carboxylic acids is 3. The van der Waals surface area contributed by atoms with Crippen molar-refractivity contribution in [3.05, 3.63) is 41.2 Å². The molecular weight excluding hydrogens is 450 g/mol. The van der Waals surface area contributed by atoms with E-state index in [-0.39, 0.29) is 41.8 Å². The molecule has 3 aliphatic rings. The maximum absolute atomic E-state index is 13.1. The van der Waals surface area contributed by atoms with Crippen LogP contribution in [0.2, 0.25) is 0 Å². The second-order valence-electron chi connectivity index (χ2n) is 9.76. The average Bonchev–Trinajstić information content (AvgIpc) is 3.52. The van der Waals surface area contributed by atoms with Crippen molar-refractivity contribution >= 4 is 17.7 Å². The van der Waals surface area contributed by atoms with Crippen molar-refractivity contribution in [3.8, 4) is 11.5 Å². The van der Waals surface area contributed by atoms with E-state index in [0.717, 1.165) is 31.2 Å². The summed E-state index contributed by atoms with van der Waals surface area (Å²) in [6, 6.07) is 6.86. The van der Waals surface area contributed by atoms with E-state index in [4.69, 9.17) is 9.47 Å². The predicted molar refractivity (Wildman–Crippen MR) is 126 cm³/mol. The first-order chi connectivity index (χ1) is 16.8. The van der Waals surface area contributed by atoms with Gasteiger partial charge in [0.1, 0.15) is 24.4 Å². The van der Waals surface area contributed by atoms with Crippen molar-refractivity contribution in [1.29, 1.82) is 0 Å². The summed E-state index contributed by atoms with van der Waals surface area (Å²) < 4.78 is 12.7. The Morgan fingerprint density at radius 1 is 1.14 bits per heavy atom. The second kappa shape index (κ2) is 8.90. The molecule has 35 heavy (non-hydrogen) atoms. The molecule has 5 rings (SSSR count). The number of rotatable bonds is 5. The number of amides is 3. The summed E-state index contributed by atoms with van der Waals surface area (Å²) in [7, 11) is 1.62. The van der Waals surface area contributed by atoms with Gasteiger partial charge in [-0.25, -0.2) is 0 Å². The molecule has 2 N–H and O–H groups in total. The van der Waals surface area contributed by atoms with Crippen LogP contribution in [0.4, 0.5) is 0 Å². The van der Waals surface area contributed by atoms with Gasteiger partial charge in [0, 0.05) is 19.2 Å². The molecule has 10 nitrogen and oxygen atoms in total. The Morgan fingerprint density at radius 3 is 2.60 bits per heavy atom. The summed E-state index contributed by atoms with van der Waals surface area (Å²) >= 11 is 0. The van der Waals surface area contributed by atoms with E-state index in [2.05, 4.69) is 15.7 Å². The third kappa shape index (κ3) is 4.21. The second-order valence-corrected chi connectivity index (χ2v) is 9.76. The molecule has 0 spiro atoms.